The quantitative estimate of drug-likeness (QED) is 0.877. The molecule has 1 saturated heterocycles. The number of ether oxygens (including phenoxy) is 1. The summed E-state index contributed by atoms with van der Waals surface area (Å²) in [4.78, 5) is 0. The van der Waals surface area contributed by atoms with E-state index in [2.05, 4.69) is 52.0 Å². The fraction of sp³-hybridized carbons (Fsp3) is 0.474. The molecular weight excluding hydrogens is 274 g/mol. The molecule has 3 rings (SSSR count). The second-order valence-electron chi connectivity index (χ2n) is 7.59. The minimum absolute atomic E-state index is 0.106. The van der Waals surface area contributed by atoms with Crippen LogP contribution in [0.25, 0.3) is 10.8 Å². The van der Waals surface area contributed by atoms with Crippen LogP contribution in [-0.4, -0.2) is 27.5 Å². The molecule has 1 heterocycles. The molecule has 0 aromatic heterocycles. The van der Waals surface area contributed by atoms with Crippen LogP contribution in [-0.2, 0) is 0 Å². The number of hydrogen-bond acceptors (Lipinski definition) is 3. The van der Waals surface area contributed by atoms with Gasteiger partial charge in [0.25, 0.3) is 0 Å². The van der Waals surface area contributed by atoms with Crippen LogP contribution < -0.4 is 4.74 Å². The van der Waals surface area contributed by atoms with Gasteiger partial charge in [-0.25, -0.2) is 0 Å². The van der Waals surface area contributed by atoms with E-state index < -0.39 is 0 Å². The Hall–Kier alpha value is -1.58. The molecule has 0 atom stereocenters. The van der Waals surface area contributed by atoms with Gasteiger partial charge in [-0.05, 0) is 50.6 Å². The molecular formula is C19H25NO2. The minimum Gasteiger partial charge on any atom is -0.490 e. The molecule has 118 valence electrons. The average molecular weight is 299 g/mol. The molecule has 1 N–H and O–H groups in total. The molecule has 0 aliphatic carbocycles. The van der Waals surface area contributed by atoms with E-state index in [1.807, 2.05) is 18.2 Å². The highest BCUT2D eigenvalue weighted by molar-refractivity contribution is 5.83. The SMILES string of the molecule is CC1(C)CC(Oc2ccc3ccccc3c2)CC(C)(C)N1O. The van der Waals surface area contributed by atoms with Crippen LogP contribution in [0.1, 0.15) is 40.5 Å². The van der Waals surface area contributed by atoms with Gasteiger partial charge in [-0.15, -0.1) is 0 Å². The van der Waals surface area contributed by atoms with Gasteiger partial charge in [0.1, 0.15) is 11.9 Å². The van der Waals surface area contributed by atoms with E-state index in [0.717, 1.165) is 18.6 Å². The summed E-state index contributed by atoms with van der Waals surface area (Å²) in [5.41, 5.74) is -0.577. The average Bonchev–Trinajstić information content (AvgIpc) is 2.44. The first-order chi connectivity index (χ1) is 10.3. The lowest BCUT2D eigenvalue weighted by Gasteiger charge is -2.51. The van der Waals surface area contributed by atoms with Crippen LogP contribution in [0.15, 0.2) is 42.5 Å². The Morgan fingerprint density at radius 1 is 0.955 bits per heavy atom. The third-order valence-corrected chi connectivity index (χ3v) is 4.62. The molecule has 0 bridgehead atoms. The predicted octanol–water partition coefficient (Wildman–Crippen LogP) is 4.63. The van der Waals surface area contributed by atoms with E-state index in [-0.39, 0.29) is 17.2 Å². The Morgan fingerprint density at radius 2 is 1.55 bits per heavy atom. The minimum atomic E-state index is -0.288. The van der Waals surface area contributed by atoms with Gasteiger partial charge in [-0.3, -0.25) is 0 Å². The zero-order valence-corrected chi connectivity index (χ0v) is 13.8. The summed E-state index contributed by atoms with van der Waals surface area (Å²) < 4.78 is 6.25. The van der Waals surface area contributed by atoms with Crippen LogP contribution >= 0.6 is 0 Å². The highest BCUT2D eigenvalue weighted by Crippen LogP contribution is 2.38. The van der Waals surface area contributed by atoms with Crippen LogP contribution in [0, 0.1) is 0 Å². The van der Waals surface area contributed by atoms with Crippen molar-refractivity contribution in [2.75, 3.05) is 0 Å². The molecule has 1 aliphatic rings. The lowest BCUT2D eigenvalue weighted by Crippen LogP contribution is -2.61. The molecule has 0 unspecified atom stereocenters. The fourth-order valence-electron chi connectivity index (χ4n) is 3.70. The van der Waals surface area contributed by atoms with Crippen LogP contribution in [0.2, 0.25) is 0 Å². The molecule has 2 aromatic rings. The molecule has 3 nitrogen and oxygen atoms in total. The number of hydrogen-bond donors (Lipinski definition) is 1. The van der Waals surface area contributed by atoms with Crippen molar-refractivity contribution in [1.29, 1.82) is 0 Å². The zero-order chi connectivity index (χ0) is 16.0. The van der Waals surface area contributed by atoms with Gasteiger partial charge in [0, 0.05) is 23.9 Å². The summed E-state index contributed by atoms with van der Waals surface area (Å²) >= 11 is 0. The Labute approximate surface area is 132 Å². The topological polar surface area (TPSA) is 32.7 Å². The third kappa shape index (κ3) is 2.83. The standard InChI is InChI=1S/C19H25NO2/c1-18(2)12-17(13-19(3,4)20(18)21)22-16-10-9-14-7-5-6-8-15(14)11-16/h5-11,17,21H,12-13H2,1-4H3. The van der Waals surface area contributed by atoms with Crippen molar-refractivity contribution in [3.05, 3.63) is 42.5 Å². The number of nitrogens with zero attached hydrogens (tertiary/aromatic N) is 1. The highest BCUT2D eigenvalue weighted by Gasteiger charge is 2.45. The molecule has 1 fully saturated rings. The zero-order valence-electron chi connectivity index (χ0n) is 13.8. The number of hydroxylamine groups is 2. The molecule has 0 amide bonds. The molecule has 0 spiro atoms. The van der Waals surface area contributed by atoms with Gasteiger partial charge in [0.05, 0.1) is 0 Å². The summed E-state index contributed by atoms with van der Waals surface area (Å²) in [6.45, 7) is 8.24. The third-order valence-electron chi connectivity index (χ3n) is 4.62. The fourth-order valence-corrected chi connectivity index (χ4v) is 3.70. The van der Waals surface area contributed by atoms with Crippen LogP contribution in [0.4, 0.5) is 0 Å². The number of piperidine rings is 1. The first kappa shape index (κ1) is 15.3. The van der Waals surface area contributed by atoms with Crippen molar-refractivity contribution in [3.8, 4) is 5.75 Å². The van der Waals surface area contributed by atoms with Crippen molar-refractivity contribution < 1.29 is 9.94 Å². The predicted molar refractivity (Wildman–Crippen MR) is 89.4 cm³/mol. The Morgan fingerprint density at radius 3 is 2.18 bits per heavy atom. The van der Waals surface area contributed by atoms with E-state index in [4.69, 9.17) is 4.74 Å². The molecule has 0 saturated carbocycles. The van der Waals surface area contributed by atoms with Crippen molar-refractivity contribution in [3.63, 3.8) is 0 Å². The van der Waals surface area contributed by atoms with E-state index in [1.165, 1.54) is 15.8 Å². The largest absolute Gasteiger partial charge is 0.490 e. The normalized spacial score (nSPS) is 21.9. The highest BCUT2D eigenvalue weighted by atomic mass is 16.5. The Balaban J connectivity index is 1.82. The Kier molecular flexibility index (Phi) is 3.66. The first-order valence-electron chi connectivity index (χ1n) is 7.93. The maximum Gasteiger partial charge on any atom is 0.120 e. The van der Waals surface area contributed by atoms with Gasteiger partial charge in [0.15, 0.2) is 0 Å². The maximum absolute atomic E-state index is 10.4. The smallest absolute Gasteiger partial charge is 0.120 e. The van der Waals surface area contributed by atoms with Crippen molar-refractivity contribution in [2.24, 2.45) is 0 Å². The molecule has 0 radical (unpaired) electrons. The number of benzene rings is 2. The van der Waals surface area contributed by atoms with E-state index in [0.29, 0.717) is 0 Å². The maximum atomic E-state index is 10.4. The van der Waals surface area contributed by atoms with Gasteiger partial charge >= 0.3 is 0 Å². The van der Waals surface area contributed by atoms with Gasteiger partial charge in [-0.2, -0.15) is 5.06 Å². The second kappa shape index (κ2) is 5.25. The molecule has 22 heavy (non-hydrogen) atoms. The van der Waals surface area contributed by atoms with Crippen LogP contribution in [0.5, 0.6) is 5.75 Å². The summed E-state index contributed by atoms with van der Waals surface area (Å²) in [5, 5.41) is 14.3. The summed E-state index contributed by atoms with van der Waals surface area (Å²) in [6, 6.07) is 14.5. The van der Waals surface area contributed by atoms with Gasteiger partial charge < -0.3 is 9.94 Å². The first-order valence-corrected chi connectivity index (χ1v) is 7.93. The van der Waals surface area contributed by atoms with E-state index >= 15 is 0 Å². The number of rotatable bonds is 2. The van der Waals surface area contributed by atoms with E-state index in [9.17, 15) is 5.21 Å². The molecule has 2 aromatic carbocycles. The van der Waals surface area contributed by atoms with Crippen molar-refractivity contribution in [2.45, 2.75) is 57.7 Å². The second-order valence-corrected chi connectivity index (χ2v) is 7.59. The molecule has 1 aliphatic heterocycles. The van der Waals surface area contributed by atoms with Crippen molar-refractivity contribution >= 4 is 10.8 Å². The summed E-state index contributed by atoms with van der Waals surface area (Å²) in [5.74, 6) is 0.904. The summed E-state index contributed by atoms with van der Waals surface area (Å²) in [7, 11) is 0. The molecule has 3 heteroatoms. The lowest BCUT2D eigenvalue weighted by molar-refractivity contribution is -0.254. The monoisotopic (exact) mass is 299 g/mol. The number of fused-ring (bicyclic) bond motifs is 1. The van der Waals surface area contributed by atoms with E-state index in [1.54, 1.807) is 0 Å². The summed E-state index contributed by atoms with van der Waals surface area (Å²) in [6.07, 6.45) is 1.72. The Bertz CT molecular complexity index is 660. The lowest BCUT2D eigenvalue weighted by atomic mass is 9.80. The van der Waals surface area contributed by atoms with Gasteiger partial charge in [0.2, 0.25) is 0 Å². The van der Waals surface area contributed by atoms with Crippen molar-refractivity contribution in [1.82, 2.24) is 5.06 Å². The van der Waals surface area contributed by atoms with Crippen LogP contribution in [0.3, 0.4) is 0 Å². The van der Waals surface area contributed by atoms with Gasteiger partial charge in [-0.1, -0.05) is 30.3 Å².